The number of aryl methyl sites for hydroxylation is 1. The van der Waals surface area contributed by atoms with Crippen LogP contribution in [0.3, 0.4) is 0 Å². The number of ether oxygens (including phenoxy) is 2. The van der Waals surface area contributed by atoms with Crippen molar-refractivity contribution in [1.29, 1.82) is 0 Å². The van der Waals surface area contributed by atoms with Crippen LogP contribution in [0.5, 0.6) is 5.75 Å². The second-order valence-corrected chi connectivity index (χ2v) is 10.2. The van der Waals surface area contributed by atoms with E-state index in [0.717, 1.165) is 37.9 Å². The molecule has 2 aromatic rings. The van der Waals surface area contributed by atoms with Crippen molar-refractivity contribution in [2.24, 2.45) is 11.3 Å². The van der Waals surface area contributed by atoms with E-state index in [-0.39, 0.29) is 11.4 Å². The molecule has 2 aliphatic carbocycles. The van der Waals surface area contributed by atoms with Gasteiger partial charge < -0.3 is 9.47 Å². The first-order valence-electron chi connectivity index (χ1n) is 11.7. The van der Waals surface area contributed by atoms with Gasteiger partial charge >= 0.3 is 5.97 Å². The molecule has 166 valence electrons. The summed E-state index contributed by atoms with van der Waals surface area (Å²) in [6, 6.07) is 15.0. The fourth-order valence-electron chi connectivity index (χ4n) is 6.30. The number of carbonyl (C=O) groups is 1. The van der Waals surface area contributed by atoms with Crippen LogP contribution >= 0.6 is 0 Å². The molecule has 0 unspecified atom stereocenters. The Morgan fingerprint density at radius 3 is 2.55 bits per heavy atom. The Morgan fingerprint density at radius 2 is 1.87 bits per heavy atom. The van der Waals surface area contributed by atoms with Gasteiger partial charge in [-0.25, -0.2) is 0 Å². The van der Waals surface area contributed by atoms with E-state index in [0.29, 0.717) is 18.4 Å². The minimum absolute atomic E-state index is 0.0326. The Kier molecular flexibility index (Phi) is 5.89. The molecule has 4 rings (SSSR count). The van der Waals surface area contributed by atoms with Crippen LogP contribution < -0.4 is 4.74 Å². The lowest BCUT2D eigenvalue weighted by atomic mass is 9.49. The highest BCUT2D eigenvalue weighted by molar-refractivity contribution is 5.77. The fraction of sp³-hybridized carbons (Fsp3) is 0.536. The summed E-state index contributed by atoms with van der Waals surface area (Å²) in [6.45, 7) is 9.53. The van der Waals surface area contributed by atoms with Gasteiger partial charge in [0, 0.05) is 0 Å². The predicted molar refractivity (Wildman–Crippen MR) is 124 cm³/mol. The third-order valence-electron chi connectivity index (χ3n) is 7.99. The lowest BCUT2D eigenvalue weighted by molar-refractivity contribution is -0.161. The SMILES string of the molecule is COC(=O)[C@]1(C)CCC[C@]2(C)c3cc(OCc4ccccc4)c(C(C)C)cc3CC[C@@H]12. The molecule has 0 radical (unpaired) electrons. The Hall–Kier alpha value is -2.29. The summed E-state index contributed by atoms with van der Waals surface area (Å²) in [5.74, 6) is 1.63. The monoisotopic (exact) mass is 420 g/mol. The average molecular weight is 421 g/mol. The first kappa shape index (κ1) is 21.9. The quantitative estimate of drug-likeness (QED) is 0.513. The summed E-state index contributed by atoms with van der Waals surface area (Å²) in [4.78, 5) is 12.8. The van der Waals surface area contributed by atoms with E-state index in [2.05, 4.69) is 64.1 Å². The predicted octanol–water partition coefficient (Wildman–Crippen LogP) is 6.57. The lowest BCUT2D eigenvalue weighted by Gasteiger charge is -2.54. The molecule has 0 heterocycles. The molecule has 0 N–H and O–H groups in total. The van der Waals surface area contributed by atoms with Crippen LogP contribution in [0.1, 0.15) is 81.5 Å². The summed E-state index contributed by atoms with van der Waals surface area (Å²) in [5.41, 5.74) is 4.82. The zero-order valence-corrected chi connectivity index (χ0v) is 19.7. The Balaban J connectivity index is 1.74. The van der Waals surface area contributed by atoms with Gasteiger partial charge in [0.05, 0.1) is 12.5 Å². The minimum Gasteiger partial charge on any atom is -0.489 e. The molecule has 3 atom stereocenters. The van der Waals surface area contributed by atoms with Gasteiger partial charge in [0.2, 0.25) is 0 Å². The van der Waals surface area contributed by atoms with E-state index in [9.17, 15) is 4.79 Å². The van der Waals surface area contributed by atoms with Gasteiger partial charge in [-0.1, -0.05) is 63.6 Å². The van der Waals surface area contributed by atoms with Gasteiger partial charge in [0.1, 0.15) is 12.4 Å². The fourth-order valence-corrected chi connectivity index (χ4v) is 6.30. The van der Waals surface area contributed by atoms with Crippen molar-refractivity contribution < 1.29 is 14.3 Å². The van der Waals surface area contributed by atoms with E-state index in [1.165, 1.54) is 29.4 Å². The highest BCUT2D eigenvalue weighted by Gasteiger charge is 2.55. The van der Waals surface area contributed by atoms with Gasteiger partial charge in [0.15, 0.2) is 0 Å². The number of fused-ring (bicyclic) bond motifs is 3. The van der Waals surface area contributed by atoms with E-state index in [4.69, 9.17) is 9.47 Å². The molecule has 2 aliphatic rings. The Bertz CT molecular complexity index is 948. The minimum atomic E-state index is -0.415. The molecular formula is C28H36O3. The maximum absolute atomic E-state index is 12.8. The number of benzene rings is 2. The van der Waals surface area contributed by atoms with E-state index in [1.807, 2.05) is 6.07 Å². The van der Waals surface area contributed by atoms with Crippen molar-refractivity contribution >= 4 is 5.97 Å². The van der Waals surface area contributed by atoms with Crippen molar-refractivity contribution in [3.63, 3.8) is 0 Å². The van der Waals surface area contributed by atoms with Crippen LogP contribution in [-0.4, -0.2) is 13.1 Å². The average Bonchev–Trinajstić information content (AvgIpc) is 2.77. The standard InChI is InChI=1S/C28H36O3/c1-19(2)22-16-21-12-13-25-27(3,14-9-15-28(25,4)26(29)30-5)23(21)17-24(22)31-18-20-10-7-6-8-11-20/h6-8,10-11,16-17,19,25H,9,12-15,18H2,1-5H3/t25-,27-,28-/m1/s1. The van der Waals surface area contributed by atoms with Crippen LogP contribution in [0.2, 0.25) is 0 Å². The first-order valence-corrected chi connectivity index (χ1v) is 11.7. The van der Waals surface area contributed by atoms with E-state index < -0.39 is 5.41 Å². The Labute approximate surface area is 187 Å². The molecule has 0 bridgehead atoms. The third-order valence-corrected chi connectivity index (χ3v) is 7.99. The van der Waals surface area contributed by atoms with E-state index >= 15 is 0 Å². The topological polar surface area (TPSA) is 35.5 Å². The molecule has 1 saturated carbocycles. The van der Waals surface area contributed by atoms with Crippen molar-refractivity contribution in [3.8, 4) is 5.75 Å². The molecule has 3 nitrogen and oxygen atoms in total. The van der Waals surface area contributed by atoms with Gasteiger partial charge in [-0.2, -0.15) is 0 Å². The molecule has 0 spiro atoms. The van der Waals surface area contributed by atoms with Crippen molar-refractivity contribution in [3.05, 3.63) is 64.7 Å². The molecule has 2 aromatic carbocycles. The maximum atomic E-state index is 12.8. The van der Waals surface area contributed by atoms with Gasteiger partial charge in [0.25, 0.3) is 0 Å². The molecule has 3 heteroatoms. The van der Waals surface area contributed by atoms with Gasteiger partial charge in [-0.05, 0) is 78.2 Å². The van der Waals surface area contributed by atoms with Crippen molar-refractivity contribution in [2.45, 2.75) is 77.7 Å². The second kappa shape index (κ2) is 8.33. The highest BCUT2D eigenvalue weighted by Crippen LogP contribution is 2.58. The first-order chi connectivity index (χ1) is 14.8. The summed E-state index contributed by atoms with van der Waals surface area (Å²) >= 11 is 0. The molecular weight excluding hydrogens is 384 g/mol. The number of methoxy groups -OCH3 is 1. The van der Waals surface area contributed by atoms with Crippen molar-refractivity contribution in [2.75, 3.05) is 7.11 Å². The van der Waals surface area contributed by atoms with Crippen LogP contribution in [-0.2, 0) is 28.0 Å². The van der Waals surface area contributed by atoms with Crippen molar-refractivity contribution in [1.82, 2.24) is 0 Å². The highest BCUT2D eigenvalue weighted by atomic mass is 16.5. The Morgan fingerprint density at radius 1 is 1.13 bits per heavy atom. The number of esters is 1. The zero-order chi connectivity index (χ0) is 22.2. The van der Waals surface area contributed by atoms with Crippen LogP contribution in [0.4, 0.5) is 0 Å². The molecule has 0 aliphatic heterocycles. The molecule has 1 fully saturated rings. The van der Waals surface area contributed by atoms with E-state index in [1.54, 1.807) is 0 Å². The zero-order valence-electron chi connectivity index (χ0n) is 19.7. The molecule has 0 saturated heterocycles. The van der Waals surface area contributed by atoms with Gasteiger partial charge in [-0.3, -0.25) is 4.79 Å². The normalized spacial score (nSPS) is 27.4. The van der Waals surface area contributed by atoms with Crippen LogP contribution in [0, 0.1) is 11.3 Å². The lowest BCUT2D eigenvalue weighted by Crippen LogP contribution is -2.52. The summed E-state index contributed by atoms with van der Waals surface area (Å²) in [5, 5.41) is 0. The number of rotatable bonds is 5. The molecule has 31 heavy (non-hydrogen) atoms. The maximum Gasteiger partial charge on any atom is 0.311 e. The summed E-state index contributed by atoms with van der Waals surface area (Å²) in [6.07, 6.45) is 5.12. The number of hydrogen-bond donors (Lipinski definition) is 0. The third kappa shape index (κ3) is 3.77. The van der Waals surface area contributed by atoms with Crippen LogP contribution in [0.15, 0.2) is 42.5 Å². The number of hydrogen-bond acceptors (Lipinski definition) is 3. The molecule has 0 aromatic heterocycles. The largest absolute Gasteiger partial charge is 0.489 e. The smallest absolute Gasteiger partial charge is 0.311 e. The summed E-state index contributed by atoms with van der Waals surface area (Å²) in [7, 11) is 1.53. The van der Waals surface area contributed by atoms with Crippen LogP contribution in [0.25, 0.3) is 0 Å². The summed E-state index contributed by atoms with van der Waals surface area (Å²) < 4.78 is 11.7. The van der Waals surface area contributed by atoms with Gasteiger partial charge in [-0.15, -0.1) is 0 Å². The molecule has 0 amide bonds. The number of carbonyl (C=O) groups excluding carboxylic acids is 1. The second-order valence-electron chi connectivity index (χ2n) is 10.2.